The van der Waals surface area contributed by atoms with E-state index in [0.717, 1.165) is 49.5 Å². The molecule has 0 unspecified atom stereocenters. The Kier molecular flexibility index (Phi) is 2.92. The van der Waals surface area contributed by atoms with E-state index in [1.54, 1.807) is 0 Å². The molecule has 2 amide bonds. The summed E-state index contributed by atoms with van der Waals surface area (Å²) in [5.41, 5.74) is 2.49. The number of hydrogen-bond donors (Lipinski definition) is 2. The van der Waals surface area contributed by atoms with E-state index < -0.39 is 0 Å². The van der Waals surface area contributed by atoms with Crippen LogP contribution >= 0.6 is 0 Å². The Bertz CT molecular complexity index is 354. The fourth-order valence-corrected chi connectivity index (χ4v) is 4.62. The molecule has 4 rings (SSSR count). The van der Waals surface area contributed by atoms with Crippen molar-refractivity contribution in [1.29, 1.82) is 0 Å². The van der Waals surface area contributed by atoms with Gasteiger partial charge in [-0.15, -0.1) is 0 Å². The van der Waals surface area contributed by atoms with Gasteiger partial charge in [-0.05, 0) is 55.8 Å². The van der Waals surface area contributed by atoms with E-state index in [0.29, 0.717) is 6.04 Å². The molecule has 1 heterocycles. The summed E-state index contributed by atoms with van der Waals surface area (Å²) in [5.74, 6) is 3.27. The summed E-state index contributed by atoms with van der Waals surface area (Å²) in [4.78, 5) is 17.1. The van der Waals surface area contributed by atoms with Crippen LogP contribution in [0.3, 0.4) is 0 Å². The summed E-state index contributed by atoms with van der Waals surface area (Å²) in [6.07, 6.45) is 6.93. The zero-order valence-corrected chi connectivity index (χ0v) is 11.1. The van der Waals surface area contributed by atoms with E-state index in [-0.39, 0.29) is 12.3 Å². The first kappa shape index (κ1) is 12.0. The third-order valence-electron chi connectivity index (χ3n) is 5.45. The van der Waals surface area contributed by atoms with Crippen molar-refractivity contribution < 1.29 is 14.4 Å². The molecule has 0 spiro atoms. The fourth-order valence-electron chi connectivity index (χ4n) is 4.62. The number of rotatable bonds is 3. The molecule has 1 saturated heterocycles. The van der Waals surface area contributed by atoms with E-state index in [1.165, 1.54) is 19.3 Å². The molecule has 2 bridgehead atoms. The number of fused-ring (bicyclic) bond motifs is 5. The molecule has 3 saturated carbocycles. The first-order valence-electron chi connectivity index (χ1n) is 7.66. The van der Waals surface area contributed by atoms with Gasteiger partial charge in [0.15, 0.2) is 6.29 Å². The zero-order chi connectivity index (χ0) is 12.8. The second-order valence-corrected chi connectivity index (χ2v) is 6.50. The molecular formula is C14H22N2O3. The standard InChI is InChI=1S/C14H22N2O3/c17-14(16-19-10-3-1-2-6-18-10)15-13-11-8-4-5-9(7-8)12(11)13/h8-13H,1-7H2,(H2,15,16,17)/t8-,9-,10+,11-,12-/m0/s1. The van der Waals surface area contributed by atoms with E-state index in [1.807, 2.05) is 0 Å². The maximum absolute atomic E-state index is 11.8. The lowest BCUT2D eigenvalue weighted by atomic mass is 10.0. The van der Waals surface area contributed by atoms with Crippen molar-refractivity contribution in [2.45, 2.75) is 50.9 Å². The second kappa shape index (κ2) is 4.63. The van der Waals surface area contributed by atoms with Crippen molar-refractivity contribution in [3.8, 4) is 0 Å². The number of carbonyl (C=O) groups excluding carboxylic acids is 1. The highest BCUT2D eigenvalue weighted by atomic mass is 16.8. The maximum atomic E-state index is 11.8. The van der Waals surface area contributed by atoms with Crippen LogP contribution in [0.1, 0.15) is 38.5 Å². The van der Waals surface area contributed by atoms with Gasteiger partial charge in [0.25, 0.3) is 0 Å². The molecule has 5 heteroatoms. The Morgan fingerprint density at radius 1 is 1.11 bits per heavy atom. The second-order valence-electron chi connectivity index (χ2n) is 6.50. The Labute approximate surface area is 113 Å². The summed E-state index contributed by atoms with van der Waals surface area (Å²) >= 11 is 0. The molecule has 4 fully saturated rings. The first-order valence-corrected chi connectivity index (χ1v) is 7.66. The van der Waals surface area contributed by atoms with Crippen molar-refractivity contribution in [3.63, 3.8) is 0 Å². The van der Waals surface area contributed by atoms with Crippen molar-refractivity contribution in [1.82, 2.24) is 10.8 Å². The van der Waals surface area contributed by atoms with E-state index in [2.05, 4.69) is 10.8 Å². The molecule has 3 aliphatic carbocycles. The first-order chi connectivity index (χ1) is 9.33. The lowest BCUT2D eigenvalue weighted by Crippen LogP contribution is -2.41. The van der Waals surface area contributed by atoms with E-state index in [4.69, 9.17) is 9.57 Å². The number of hydroxylamine groups is 1. The number of nitrogens with one attached hydrogen (secondary N) is 2. The molecule has 5 atom stereocenters. The minimum Gasteiger partial charge on any atom is -0.350 e. The van der Waals surface area contributed by atoms with Crippen LogP contribution in [-0.2, 0) is 9.57 Å². The average molecular weight is 266 g/mol. The zero-order valence-electron chi connectivity index (χ0n) is 11.1. The summed E-state index contributed by atoms with van der Waals surface area (Å²) in [7, 11) is 0. The molecule has 0 radical (unpaired) electrons. The summed E-state index contributed by atoms with van der Waals surface area (Å²) in [6, 6.07) is 0.204. The van der Waals surface area contributed by atoms with Crippen LogP contribution in [0.2, 0.25) is 0 Å². The molecule has 0 aromatic rings. The van der Waals surface area contributed by atoms with Crippen molar-refractivity contribution in [2.75, 3.05) is 6.61 Å². The minimum absolute atomic E-state index is 0.201. The van der Waals surface area contributed by atoms with E-state index >= 15 is 0 Å². The van der Waals surface area contributed by atoms with Gasteiger partial charge in [0.05, 0.1) is 0 Å². The Hall–Kier alpha value is -0.810. The predicted octanol–water partition coefficient (Wildman–Crippen LogP) is 1.79. The highest BCUT2D eigenvalue weighted by molar-refractivity contribution is 5.73. The molecule has 0 aromatic heterocycles. The third-order valence-corrected chi connectivity index (χ3v) is 5.45. The summed E-state index contributed by atoms with van der Waals surface area (Å²) < 4.78 is 5.40. The number of amides is 2. The van der Waals surface area contributed by atoms with Crippen molar-refractivity contribution >= 4 is 6.03 Å². The van der Waals surface area contributed by atoms with Gasteiger partial charge < -0.3 is 10.1 Å². The summed E-state index contributed by atoms with van der Waals surface area (Å²) in [6.45, 7) is 0.726. The van der Waals surface area contributed by atoms with Gasteiger partial charge in [-0.1, -0.05) is 0 Å². The van der Waals surface area contributed by atoms with Crippen LogP contribution in [-0.4, -0.2) is 25.0 Å². The highest BCUT2D eigenvalue weighted by Gasteiger charge is 2.65. The molecule has 4 aliphatic rings. The molecule has 5 nitrogen and oxygen atoms in total. The van der Waals surface area contributed by atoms with Crippen LogP contribution < -0.4 is 10.8 Å². The van der Waals surface area contributed by atoms with Crippen LogP contribution in [0.5, 0.6) is 0 Å². The van der Waals surface area contributed by atoms with Crippen LogP contribution in [0.25, 0.3) is 0 Å². The highest BCUT2D eigenvalue weighted by Crippen LogP contribution is 2.65. The SMILES string of the molecule is O=C(NO[C@@H]1CCCCO1)NC1[C@H]2[C@H]3CC[C@@H](C3)[C@H]12. The topological polar surface area (TPSA) is 59.6 Å². The number of urea groups is 1. The minimum atomic E-state index is -0.269. The fraction of sp³-hybridized carbons (Fsp3) is 0.929. The lowest BCUT2D eigenvalue weighted by molar-refractivity contribution is -0.186. The molecule has 2 N–H and O–H groups in total. The van der Waals surface area contributed by atoms with Crippen molar-refractivity contribution in [2.24, 2.45) is 23.7 Å². The van der Waals surface area contributed by atoms with Gasteiger partial charge in [0, 0.05) is 19.1 Å². The van der Waals surface area contributed by atoms with Gasteiger partial charge >= 0.3 is 6.03 Å². The van der Waals surface area contributed by atoms with Crippen LogP contribution in [0, 0.1) is 23.7 Å². The van der Waals surface area contributed by atoms with E-state index in [9.17, 15) is 4.79 Å². The van der Waals surface area contributed by atoms with Gasteiger partial charge in [-0.2, -0.15) is 0 Å². The monoisotopic (exact) mass is 266 g/mol. The van der Waals surface area contributed by atoms with Gasteiger partial charge in [0.1, 0.15) is 0 Å². The van der Waals surface area contributed by atoms with Gasteiger partial charge in [-0.3, -0.25) is 0 Å². The predicted molar refractivity (Wildman–Crippen MR) is 67.9 cm³/mol. The molecular weight excluding hydrogens is 244 g/mol. The molecule has 1 aliphatic heterocycles. The molecule has 19 heavy (non-hydrogen) atoms. The number of hydrogen-bond acceptors (Lipinski definition) is 3. The van der Waals surface area contributed by atoms with Gasteiger partial charge in [0.2, 0.25) is 0 Å². The largest absolute Gasteiger partial charge is 0.350 e. The molecule has 0 aromatic carbocycles. The summed E-state index contributed by atoms with van der Waals surface area (Å²) in [5, 5.41) is 3.07. The van der Waals surface area contributed by atoms with Gasteiger partial charge in [-0.25, -0.2) is 15.1 Å². The number of ether oxygens (including phenoxy) is 1. The Morgan fingerprint density at radius 2 is 1.89 bits per heavy atom. The van der Waals surface area contributed by atoms with Crippen LogP contribution in [0.15, 0.2) is 0 Å². The van der Waals surface area contributed by atoms with Crippen LogP contribution in [0.4, 0.5) is 4.79 Å². The average Bonchev–Trinajstić information content (AvgIpc) is 2.85. The number of carbonyl (C=O) groups is 1. The maximum Gasteiger partial charge on any atom is 0.339 e. The smallest absolute Gasteiger partial charge is 0.339 e. The Balaban J connectivity index is 1.21. The molecule has 106 valence electrons. The normalized spacial score (nSPS) is 46.7. The third kappa shape index (κ3) is 2.13. The van der Waals surface area contributed by atoms with Crippen molar-refractivity contribution in [3.05, 3.63) is 0 Å². The quantitative estimate of drug-likeness (QED) is 0.766. The Morgan fingerprint density at radius 3 is 2.58 bits per heavy atom. The lowest BCUT2D eigenvalue weighted by Gasteiger charge is -2.22.